The van der Waals surface area contributed by atoms with Crippen molar-refractivity contribution in [2.24, 2.45) is 0 Å². The van der Waals surface area contributed by atoms with Crippen LogP contribution in [0.2, 0.25) is 0 Å². The molecule has 3 fully saturated rings. The minimum Gasteiger partial charge on any atom is -0.477 e. The van der Waals surface area contributed by atoms with Gasteiger partial charge in [-0.3, -0.25) is 9.59 Å². The Bertz CT molecular complexity index is 2130. The molecule has 0 spiro atoms. The van der Waals surface area contributed by atoms with Crippen molar-refractivity contribution in [3.8, 4) is 0 Å². The lowest BCUT2D eigenvalue weighted by atomic mass is 9.88. The van der Waals surface area contributed by atoms with Crippen molar-refractivity contribution in [2.75, 3.05) is 26.4 Å². The third kappa shape index (κ3) is 36.5. The van der Waals surface area contributed by atoms with Gasteiger partial charge in [-0.1, -0.05) is 256 Å². The number of carbonyl (C=O) groups excluding carboxylic acids is 2. The van der Waals surface area contributed by atoms with Crippen LogP contribution in [0.1, 0.15) is 290 Å². The van der Waals surface area contributed by atoms with Crippen molar-refractivity contribution in [1.29, 1.82) is 0 Å². The van der Waals surface area contributed by atoms with Gasteiger partial charge in [0, 0.05) is 19.8 Å². The molecule has 18 atom stereocenters. The van der Waals surface area contributed by atoms with Crippen molar-refractivity contribution in [1.82, 2.24) is 10.6 Å². The molecule has 3 aliphatic heterocycles. The van der Waals surface area contributed by atoms with Gasteiger partial charge in [-0.2, -0.15) is 0 Å². The molecule has 99 heavy (non-hydrogen) atoms. The molecule has 3 saturated heterocycles. The fourth-order valence-corrected chi connectivity index (χ4v) is 13.4. The Morgan fingerprint density at radius 1 is 0.535 bits per heavy atom. The third-order valence-corrected chi connectivity index (χ3v) is 19.6. The normalized spacial score (nSPS) is 27.3. The van der Waals surface area contributed by atoms with E-state index < -0.39 is 155 Å². The molecule has 0 saturated carbocycles. The van der Waals surface area contributed by atoms with Crippen molar-refractivity contribution in [3.63, 3.8) is 0 Å². The summed E-state index contributed by atoms with van der Waals surface area (Å²) in [7, 11) is 0. The second-order valence-corrected chi connectivity index (χ2v) is 28.2. The second-order valence-electron chi connectivity index (χ2n) is 28.2. The number of carbonyl (C=O) groups is 3. The summed E-state index contributed by atoms with van der Waals surface area (Å²) in [5, 5.41) is 136. The van der Waals surface area contributed by atoms with E-state index >= 15 is 0 Å². The van der Waals surface area contributed by atoms with E-state index in [2.05, 4.69) is 48.8 Å². The molecule has 3 heterocycles. The number of nitrogens with one attached hydrogen (secondary N) is 2. The number of hydrogen-bond donors (Lipinski definition) is 14. The maximum absolute atomic E-state index is 13.5. The molecule has 18 unspecified atom stereocenters. The van der Waals surface area contributed by atoms with Crippen LogP contribution in [-0.2, 0) is 42.8 Å². The molecule has 3 aliphatic rings. The predicted octanol–water partition coefficient (Wildman–Crippen LogP) is 9.35. The number of carboxylic acids is 1. The summed E-state index contributed by atoms with van der Waals surface area (Å²) in [6.07, 6.45) is 31.8. The van der Waals surface area contributed by atoms with Crippen LogP contribution in [-0.4, -0.2) is 215 Å². The summed E-state index contributed by atoms with van der Waals surface area (Å²) < 4.78 is 34.9. The lowest BCUT2D eigenvalue weighted by molar-refractivity contribution is -0.386. The first-order valence-electron chi connectivity index (χ1n) is 38.9. The van der Waals surface area contributed by atoms with Gasteiger partial charge >= 0.3 is 5.97 Å². The minimum absolute atomic E-state index is 0.199. The van der Waals surface area contributed by atoms with E-state index in [0.717, 1.165) is 64.7 Å². The van der Waals surface area contributed by atoms with Gasteiger partial charge in [0.1, 0.15) is 67.1 Å². The van der Waals surface area contributed by atoms with Crippen molar-refractivity contribution in [3.05, 3.63) is 36.5 Å². The molecule has 0 aromatic rings. The summed E-state index contributed by atoms with van der Waals surface area (Å²) in [4.78, 5) is 38.6. The van der Waals surface area contributed by atoms with Crippen molar-refractivity contribution >= 4 is 17.8 Å². The Hall–Kier alpha value is -3.05. The summed E-state index contributed by atoms with van der Waals surface area (Å²) in [5.74, 6) is -6.14. The number of rotatable bonds is 60. The average molecular weight is 1420 g/mol. The largest absolute Gasteiger partial charge is 0.477 e. The summed E-state index contributed by atoms with van der Waals surface area (Å²) in [6, 6.07) is -2.62. The smallest absolute Gasteiger partial charge is 0.364 e. The zero-order chi connectivity index (χ0) is 72.5. The standard InChI is InChI=1S/C76H138N2O21/c1-4-6-8-10-12-14-16-18-20-22-23-24-25-26-27-28-29-30-31-32-33-34-36-38-40-42-44-46-48-50-63(86)78-57(58(83)49-47-45-43-41-39-37-35-21-19-17-15-13-11-9-7-5-2)55-94-73-68(90)67(89)70(62(54-81)96-73)97-74-69(91)72(66(88)61(53-80)95-74)99-76(75(92)93)51-59(84)64(77-56(3)82)71(98-76)65(87)60(85)52-79/h23-24,26-27,47,49,57-62,64-74,79-81,83-85,87-91H,4-22,25,28-46,48,50-55H2,1-3H3,(H,77,82)(H,78,86)(H,92,93)/b24-23-,27-26-,49-47+. The number of aliphatic hydroxyl groups is 11. The molecule has 2 amide bonds. The number of amides is 2. The molecule has 578 valence electrons. The highest BCUT2D eigenvalue weighted by Gasteiger charge is 2.60. The van der Waals surface area contributed by atoms with E-state index in [1.54, 1.807) is 6.08 Å². The molecule has 23 nitrogen and oxygen atoms in total. The fraction of sp³-hybridized carbons (Fsp3) is 0.882. The van der Waals surface area contributed by atoms with Crippen LogP contribution in [0.25, 0.3) is 0 Å². The van der Waals surface area contributed by atoms with Gasteiger partial charge in [-0.25, -0.2) is 4.79 Å². The summed E-state index contributed by atoms with van der Waals surface area (Å²) >= 11 is 0. The van der Waals surface area contributed by atoms with Gasteiger partial charge in [-0.15, -0.1) is 0 Å². The monoisotopic (exact) mass is 1410 g/mol. The molecule has 3 rings (SSSR count). The number of allylic oxidation sites excluding steroid dienone is 5. The van der Waals surface area contributed by atoms with Gasteiger partial charge in [0.05, 0.1) is 50.7 Å². The second kappa shape index (κ2) is 55.4. The average Bonchev–Trinajstić information content (AvgIpc) is 0.757. The van der Waals surface area contributed by atoms with E-state index in [0.29, 0.717) is 12.8 Å². The van der Waals surface area contributed by atoms with Crippen LogP contribution in [0.3, 0.4) is 0 Å². The minimum atomic E-state index is -3.08. The zero-order valence-electron chi connectivity index (χ0n) is 60.8. The first-order chi connectivity index (χ1) is 47.9. The van der Waals surface area contributed by atoms with Gasteiger partial charge in [0.2, 0.25) is 11.8 Å². The van der Waals surface area contributed by atoms with Gasteiger partial charge < -0.3 is 100 Å². The number of aliphatic carboxylic acids is 1. The number of ether oxygens (including phenoxy) is 6. The molecular formula is C76H138N2O21. The maximum Gasteiger partial charge on any atom is 0.364 e. The number of hydrogen-bond acceptors (Lipinski definition) is 20. The summed E-state index contributed by atoms with van der Waals surface area (Å²) in [5.41, 5.74) is 0. The van der Waals surface area contributed by atoms with Gasteiger partial charge in [0.25, 0.3) is 5.79 Å². The SMILES string of the molecule is CCCCCCCCCCC/C=C\C/C=C\CCCCCCCCCCCCCCCC(=O)NC(COC1OC(CO)C(OC2OC(CO)C(O)C(OC3(C(=O)O)CC(O)C(NC(C)=O)C(C(O)C(O)CO)O3)C2O)C(O)C1O)C(O)/C=C/CCCCCCCCCCCCCCCC. The lowest BCUT2D eigenvalue weighted by Gasteiger charge is -2.50. The third-order valence-electron chi connectivity index (χ3n) is 19.6. The lowest BCUT2D eigenvalue weighted by Crippen LogP contribution is -2.70. The molecule has 23 heteroatoms. The highest BCUT2D eigenvalue weighted by Crippen LogP contribution is 2.39. The fourth-order valence-electron chi connectivity index (χ4n) is 13.4. The topological polar surface area (TPSA) is 373 Å². The van der Waals surface area contributed by atoms with E-state index in [-0.39, 0.29) is 12.3 Å². The van der Waals surface area contributed by atoms with Crippen molar-refractivity contribution < 1.29 is 104 Å². The number of aliphatic hydroxyl groups excluding tert-OH is 11. The predicted molar refractivity (Wildman–Crippen MR) is 380 cm³/mol. The Kier molecular flexibility index (Phi) is 50.5. The maximum atomic E-state index is 13.5. The van der Waals surface area contributed by atoms with E-state index in [1.807, 2.05) is 6.08 Å². The Morgan fingerprint density at radius 2 is 0.980 bits per heavy atom. The van der Waals surface area contributed by atoms with E-state index in [4.69, 9.17) is 28.4 Å². The van der Waals surface area contributed by atoms with E-state index in [9.17, 15) is 75.7 Å². The van der Waals surface area contributed by atoms with Crippen LogP contribution in [0, 0.1) is 0 Å². The van der Waals surface area contributed by atoms with Crippen LogP contribution in [0.4, 0.5) is 0 Å². The molecule has 0 radical (unpaired) electrons. The van der Waals surface area contributed by atoms with Gasteiger partial charge in [-0.05, 0) is 51.4 Å². The summed E-state index contributed by atoms with van der Waals surface area (Å²) in [6.45, 7) is 2.16. The molecule has 0 bridgehead atoms. The molecular weight excluding hydrogens is 1280 g/mol. The van der Waals surface area contributed by atoms with Crippen LogP contribution < -0.4 is 10.6 Å². The first kappa shape index (κ1) is 90.2. The van der Waals surface area contributed by atoms with Crippen LogP contribution in [0.5, 0.6) is 0 Å². The number of unbranched alkanes of at least 4 members (excludes halogenated alkanes) is 36. The Balaban J connectivity index is 1.51. The van der Waals surface area contributed by atoms with Gasteiger partial charge in [0.15, 0.2) is 12.6 Å². The molecule has 0 aromatic heterocycles. The van der Waals surface area contributed by atoms with E-state index in [1.165, 1.54) is 186 Å². The van der Waals surface area contributed by atoms with Crippen molar-refractivity contribution in [2.45, 2.75) is 400 Å². The molecule has 0 aliphatic carbocycles. The number of carboxylic acid groups (broad SMARTS) is 1. The Morgan fingerprint density at radius 3 is 1.42 bits per heavy atom. The quantitative estimate of drug-likeness (QED) is 0.0199. The van der Waals surface area contributed by atoms with Crippen LogP contribution in [0.15, 0.2) is 36.5 Å². The van der Waals surface area contributed by atoms with Crippen LogP contribution >= 0.6 is 0 Å². The first-order valence-corrected chi connectivity index (χ1v) is 38.9. The molecule has 0 aromatic carbocycles. The highest BCUT2D eigenvalue weighted by atomic mass is 16.8. The highest BCUT2D eigenvalue weighted by molar-refractivity contribution is 5.77. The Labute approximate surface area is 593 Å². The zero-order valence-corrected chi connectivity index (χ0v) is 60.8. The molecule has 14 N–H and O–H groups in total.